The van der Waals surface area contributed by atoms with E-state index < -0.39 is 0 Å². The summed E-state index contributed by atoms with van der Waals surface area (Å²) in [5, 5.41) is 2.92. The molecule has 0 spiro atoms. The van der Waals surface area contributed by atoms with Gasteiger partial charge in [-0.2, -0.15) is 0 Å². The topological polar surface area (TPSA) is 50.8 Å². The van der Waals surface area contributed by atoms with Gasteiger partial charge < -0.3 is 14.8 Å². The number of ether oxygens (including phenoxy) is 2. The molecule has 1 atom stereocenters. The van der Waals surface area contributed by atoms with Gasteiger partial charge in [0.05, 0.1) is 13.7 Å². The molecule has 23 heavy (non-hydrogen) atoms. The standard InChI is InChI=1S/C18H26N2O3/c1-13-11-19-18(21)20(12-13)15-7-8-16(22-2)17(10-15)23-9-3-4-14-5-6-14/h7-8,10,13-14H,3-6,9,11-12H2,1-2H3,(H,19,21). The minimum absolute atomic E-state index is 0.0482. The van der Waals surface area contributed by atoms with Crippen molar-refractivity contribution in [2.24, 2.45) is 11.8 Å². The molecular formula is C18H26N2O3. The minimum Gasteiger partial charge on any atom is -0.493 e. The number of hydrogen-bond acceptors (Lipinski definition) is 3. The molecule has 126 valence electrons. The number of hydrogen-bond donors (Lipinski definition) is 1. The van der Waals surface area contributed by atoms with E-state index >= 15 is 0 Å². The molecule has 1 saturated heterocycles. The van der Waals surface area contributed by atoms with E-state index in [-0.39, 0.29) is 6.03 Å². The van der Waals surface area contributed by atoms with Crippen LogP contribution in [0, 0.1) is 11.8 Å². The maximum atomic E-state index is 12.1. The van der Waals surface area contributed by atoms with E-state index in [9.17, 15) is 4.79 Å². The Hall–Kier alpha value is -1.91. The number of amides is 2. The number of urea groups is 1. The van der Waals surface area contributed by atoms with Gasteiger partial charge in [-0.15, -0.1) is 0 Å². The van der Waals surface area contributed by atoms with Crippen LogP contribution >= 0.6 is 0 Å². The van der Waals surface area contributed by atoms with Crippen molar-refractivity contribution in [3.63, 3.8) is 0 Å². The summed E-state index contributed by atoms with van der Waals surface area (Å²) in [6.45, 7) is 4.28. The van der Waals surface area contributed by atoms with Gasteiger partial charge in [0.15, 0.2) is 11.5 Å². The molecule has 1 unspecified atom stereocenters. The monoisotopic (exact) mass is 318 g/mol. The molecule has 0 aromatic heterocycles. The fourth-order valence-electron chi connectivity index (χ4n) is 2.95. The lowest BCUT2D eigenvalue weighted by molar-refractivity contribution is 0.238. The van der Waals surface area contributed by atoms with Gasteiger partial charge in [0.25, 0.3) is 0 Å². The number of benzene rings is 1. The Kier molecular flexibility index (Phi) is 4.94. The third-order valence-electron chi connectivity index (χ3n) is 4.51. The third-order valence-corrected chi connectivity index (χ3v) is 4.51. The van der Waals surface area contributed by atoms with E-state index in [0.717, 1.165) is 31.1 Å². The molecule has 1 heterocycles. The summed E-state index contributed by atoms with van der Waals surface area (Å²) in [4.78, 5) is 13.9. The number of anilines is 1. The molecule has 1 N–H and O–H groups in total. The normalized spacial score (nSPS) is 21.0. The van der Waals surface area contributed by atoms with Crippen LogP contribution in [0.4, 0.5) is 10.5 Å². The first kappa shape index (κ1) is 16.0. The average molecular weight is 318 g/mol. The molecule has 1 aromatic carbocycles. The van der Waals surface area contributed by atoms with Crippen LogP contribution in [0.3, 0.4) is 0 Å². The molecule has 5 nitrogen and oxygen atoms in total. The van der Waals surface area contributed by atoms with Crippen molar-refractivity contribution in [3.8, 4) is 11.5 Å². The molecule has 1 aliphatic heterocycles. The van der Waals surface area contributed by atoms with Crippen molar-refractivity contribution in [2.75, 3.05) is 31.7 Å². The Labute approximate surface area is 137 Å². The maximum Gasteiger partial charge on any atom is 0.321 e. The van der Waals surface area contributed by atoms with Crippen LogP contribution in [0.1, 0.15) is 32.6 Å². The highest BCUT2D eigenvalue weighted by atomic mass is 16.5. The van der Waals surface area contributed by atoms with E-state index in [2.05, 4.69) is 12.2 Å². The fourth-order valence-corrected chi connectivity index (χ4v) is 2.95. The van der Waals surface area contributed by atoms with E-state index in [1.807, 2.05) is 18.2 Å². The molecule has 2 fully saturated rings. The van der Waals surface area contributed by atoms with Crippen molar-refractivity contribution in [2.45, 2.75) is 32.6 Å². The Morgan fingerprint density at radius 3 is 2.87 bits per heavy atom. The second kappa shape index (κ2) is 7.11. The van der Waals surface area contributed by atoms with Crippen LogP contribution in [0.15, 0.2) is 18.2 Å². The smallest absolute Gasteiger partial charge is 0.321 e. The minimum atomic E-state index is -0.0482. The van der Waals surface area contributed by atoms with Crippen LogP contribution in [-0.2, 0) is 0 Å². The molecule has 1 aliphatic carbocycles. The predicted octanol–water partition coefficient (Wildman–Crippen LogP) is 3.43. The number of rotatable bonds is 7. The zero-order valence-electron chi connectivity index (χ0n) is 14.0. The van der Waals surface area contributed by atoms with Gasteiger partial charge in [0.1, 0.15) is 0 Å². The molecule has 2 aliphatic rings. The zero-order chi connectivity index (χ0) is 16.2. The number of nitrogens with one attached hydrogen (secondary N) is 1. The van der Waals surface area contributed by atoms with Crippen LogP contribution in [0.25, 0.3) is 0 Å². The highest BCUT2D eigenvalue weighted by Gasteiger charge is 2.25. The SMILES string of the molecule is COc1ccc(N2CC(C)CNC2=O)cc1OCCCC1CC1. The fraction of sp³-hybridized carbons (Fsp3) is 0.611. The van der Waals surface area contributed by atoms with Crippen LogP contribution < -0.4 is 19.7 Å². The van der Waals surface area contributed by atoms with Gasteiger partial charge in [0.2, 0.25) is 0 Å². The Morgan fingerprint density at radius 1 is 1.30 bits per heavy atom. The number of methoxy groups -OCH3 is 1. The first-order chi connectivity index (χ1) is 11.2. The predicted molar refractivity (Wildman–Crippen MR) is 90.4 cm³/mol. The lowest BCUT2D eigenvalue weighted by atomic mass is 10.1. The molecule has 5 heteroatoms. The highest BCUT2D eigenvalue weighted by molar-refractivity contribution is 5.93. The first-order valence-electron chi connectivity index (χ1n) is 8.53. The van der Waals surface area contributed by atoms with Gasteiger partial charge in [-0.25, -0.2) is 4.79 Å². The van der Waals surface area contributed by atoms with Gasteiger partial charge in [-0.05, 0) is 36.8 Å². The van der Waals surface area contributed by atoms with E-state index in [1.54, 1.807) is 12.0 Å². The van der Waals surface area contributed by atoms with E-state index in [4.69, 9.17) is 9.47 Å². The summed E-state index contributed by atoms with van der Waals surface area (Å²) in [6.07, 6.45) is 5.06. The third kappa shape index (κ3) is 4.09. The average Bonchev–Trinajstić information content (AvgIpc) is 3.38. The van der Waals surface area contributed by atoms with Crippen molar-refractivity contribution in [1.82, 2.24) is 5.32 Å². The largest absolute Gasteiger partial charge is 0.493 e. The summed E-state index contributed by atoms with van der Waals surface area (Å²) in [7, 11) is 1.64. The lowest BCUT2D eigenvalue weighted by Crippen LogP contribution is -2.50. The molecular weight excluding hydrogens is 292 g/mol. The van der Waals surface area contributed by atoms with Gasteiger partial charge in [0, 0.05) is 24.8 Å². The summed E-state index contributed by atoms with van der Waals surface area (Å²) in [5.74, 6) is 2.78. The number of carbonyl (C=O) groups is 1. The molecule has 3 rings (SSSR count). The summed E-state index contributed by atoms with van der Waals surface area (Å²) in [5.41, 5.74) is 0.854. The number of nitrogens with zero attached hydrogens (tertiary/aromatic N) is 1. The van der Waals surface area contributed by atoms with Gasteiger partial charge in [-0.1, -0.05) is 19.8 Å². The second-order valence-electron chi connectivity index (χ2n) is 6.67. The Morgan fingerprint density at radius 2 is 2.13 bits per heavy atom. The maximum absolute atomic E-state index is 12.1. The molecule has 2 amide bonds. The van der Waals surface area contributed by atoms with Crippen LogP contribution in [0.5, 0.6) is 11.5 Å². The van der Waals surface area contributed by atoms with Crippen molar-refractivity contribution in [3.05, 3.63) is 18.2 Å². The van der Waals surface area contributed by atoms with Crippen LogP contribution in [0.2, 0.25) is 0 Å². The van der Waals surface area contributed by atoms with E-state index in [1.165, 1.54) is 19.3 Å². The zero-order valence-corrected chi connectivity index (χ0v) is 14.0. The lowest BCUT2D eigenvalue weighted by Gasteiger charge is -2.31. The summed E-state index contributed by atoms with van der Waals surface area (Å²) < 4.78 is 11.3. The summed E-state index contributed by atoms with van der Waals surface area (Å²) in [6, 6.07) is 5.65. The Bertz CT molecular complexity index is 557. The quantitative estimate of drug-likeness (QED) is 0.784. The van der Waals surface area contributed by atoms with Gasteiger partial charge >= 0.3 is 6.03 Å². The highest BCUT2D eigenvalue weighted by Crippen LogP contribution is 2.35. The van der Waals surface area contributed by atoms with Crippen molar-refractivity contribution >= 4 is 11.7 Å². The first-order valence-corrected chi connectivity index (χ1v) is 8.53. The Balaban J connectivity index is 1.67. The second-order valence-corrected chi connectivity index (χ2v) is 6.67. The van der Waals surface area contributed by atoms with Crippen molar-refractivity contribution in [1.29, 1.82) is 0 Å². The van der Waals surface area contributed by atoms with Crippen LogP contribution in [-0.4, -0.2) is 32.8 Å². The molecule has 1 saturated carbocycles. The molecule has 0 bridgehead atoms. The van der Waals surface area contributed by atoms with Crippen molar-refractivity contribution < 1.29 is 14.3 Å². The molecule has 1 aromatic rings. The molecule has 0 radical (unpaired) electrons. The van der Waals surface area contributed by atoms with Gasteiger partial charge in [-0.3, -0.25) is 4.90 Å². The summed E-state index contributed by atoms with van der Waals surface area (Å²) >= 11 is 0. The number of carbonyl (C=O) groups excluding carboxylic acids is 1. The van der Waals surface area contributed by atoms with E-state index in [0.29, 0.717) is 24.0 Å².